The highest BCUT2D eigenvalue weighted by molar-refractivity contribution is 5.89. The van der Waals surface area contributed by atoms with Crippen LogP contribution in [-0.4, -0.2) is 23.2 Å². The summed E-state index contributed by atoms with van der Waals surface area (Å²) in [6.07, 6.45) is 2.72. The van der Waals surface area contributed by atoms with E-state index in [4.69, 9.17) is 4.74 Å². The number of hydrogen-bond acceptors (Lipinski definition) is 3. The van der Waals surface area contributed by atoms with Crippen molar-refractivity contribution in [2.75, 3.05) is 0 Å². The number of fused-ring (bicyclic) bond motifs is 1. The Morgan fingerprint density at radius 1 is 1.06 bits per heavy atom. The van der Waals surface area contributed by atoms with Crippen molar-refractivity contribution in [3.05, 3.63) is 41.5 Å². The van der Waals surface area contributed by atoms with Gasteiger partial charge in [-0.1, -0.05) is 31.5 Å². The molecule has 0 heterocycles. The van der Waals surface area contributed by atoms with Crippen molar-refractivity contribution >= 4 is 16.7 Å². The third kappa shape index (κ3) is 6.11. The van der Waals surface area contributed by atoms with Gasteiger partial charge in [0.05, 0.1) is 12.0 Å². The standard InChI is InChI=1S/C28H36F3NO3/c1-3-18-4-13-23(14-5-18)35-25-15-10-19-6-7-21(16-24(19)26(25)28(29,30)31)17(2)32-22-11-8-20(9-12-22)27(33)34/h6-7,10,15-18,20,22-23,32H,3-5,8-9,11-14H2,1-2H3,(H,33,34)/t17-,18?,20?,22?,23?/m1/s1. The molecule has 0 amide bonds. The second kappa shape index (κ2) is 10.8. The number of ether oxygens (including phenoxy) is 1. The van der Waals surface area contributed by atoms with E-state index < -0.39 is 17.7 Å². The first-order valence-corrected chi connectivity index (χ1v) is 12.9. The molecule has 0 saturated heterocycles. The van der Waals surface area contributed by atoms with Gasteiger partial charge in [-0.3, -0.25) is 4.79 Å². The Bertz CT molecular complexity index is 1020. The molecule has 2 aromatic carbocycles. The highest BCUT2D eigenvalue weighted by Crippen LogP contribution is 2.43. The molecule has 0 unspecified atom stereocenters. The molecule has 2 aromatic rings. The van der Waals surface area contributed by atoms with Crippen molar-refractivity contribution in [1.82, 2.24) is 5.32 Å². The molecule has 0 radical (unpaired) electrons. The largest absolute Gasteiger partial charge is 0.490 e. The van der Waals surface area contributed by atoms with E-state index in [1.54, 1.807) is 18.2 Å². The van der Waals surface area contributed by atoms with Crippen LogP contribution < -0.4 is 10.1 Å². The molecule has 0 spiro atoms. The number of aliphatic carboxylic acids is 1. The normalized spacial score (nSPS) is 26.4. The van der Waals surface area contributed by atoms with Crippen LogP contribution in [-0.2, 0) is 11.0 Å². The minimum Gasteiger partial charge on any atom is -0.490 e. The van der Waals surface area contributed by atoms with Crippen LogP contribution in [0.4, 0.5) is 13.2 Å². The zero-order valence-electron chi connectivity index (χ0n) is 20.5. The predicted molar refractivity (Wildman–Crippen MR) is 131 cm³/mol. The molecule has 2 fully saturated rings. The number of alkyl halides is 3. The van der Waals surface area contributed by atoms with Crippen LogP contribution in [0.25, 0.3) is 10.8 Å². The van der Waals surface area contributed by atoms with E-state index in [1.165, 1.54) is 6.07 Å². The second-order valence-electron chi connectivity index (χ2n) is 10.4. The molecule has 192 valence electrons. The van der Waals surface area contributed by atoms with Crippen LogP contribution >= 0.6 is 0 Å². The van der Waals surface area contributed by atoms with Crippen molar-refractivity contribution in [3.63, 3.8) is 0 Å². The maximum atomic E-state index is 14.3. The molecule has 2 aliphatic rings. The summed E-state index contributed by atoms with van der Waals surface area (Å²) in [5.41, 5.74) is 0.0904. The van der Waals surface area contributed by atoms with Crippen molar-refractivity contribution < 1.29 is 27.8 Å². The van der Waals surface area contributed by atoms with Gasteiger partial charge in [-0.15, -0.1) is 0 Å². The van der Waals surface area contributed by atoms with Crippen LogP contribution in [0.1, 0.15) is 88.8 Å². The van der Waals surface area contributed by atoms with Gasteiger partial charge in [-0.2, -0.15) is 13.2 Å². The summed E-state index contributed by atoms with van der Waals surface area (Å²) < 4.78 is 48.9. The van der Waals surface area contributed by atoms with E-state index in [0.29, 0.717) is 24.1 Å². The zero-order chi connectivity index (χ0) is 25.2. The molecule has 0 aromatic heterocycles. The lowest BCUT2D eigenvalue weighted by atomic mass is 9.85. The lowest BCUT2D eigenvalue weighted by Gasteiger charge is -2.30. The summed E-state index contributed by atoms with van der Waals surface area (Å²) >= 11 is 0. The zero-order valence-corrected chi connectivity index (χ0v) is 20.5. The van der Waals surface area contributed by atoms with Crippen LogP contribution in [0.15, 0.2) is 30.3 Å². The van der Waals surface area contributed by atoms with Crippen molar-refractivity contribution in [1.29, 1.82) is 0 Å². The molecule has 35 heavy (non-hydrogen) atoms. The Hall–Kier alpha value is -2.28. The first kappa shape index (κ1) is 25.8. The number of carbonyl (C=O) groups is 1. The minimum absolute atomic E-state index is 0.0743. The Balaban J connectivity index is 1.55. The molecule has 2 aliphatic carbocycles. The average Bonchev–Trinajstić information content (AvgIpc) is 2.83. The quantitative estimate of drug-likeness (QED) is 0.421. The minimum atomic E-state index is -4.53. The Labute approximate surface area is 205 Å². The summed E-state index contributed by atoms with van der Waals surface area (Å²) in [5.74, 6) is -0.477. The monoisotopic (exact) mass is 491 g/mol. The Kier molecular flexibility index (Phi) is 7.94. The fourth-order valence-electron chi connectivity index (χ4n) is 5.77. The number of nitrogens with one attached hydrogen (secondary N) is 1. The summed E-state index contributed by atoms with van der Waals surface area (Å²) in [5, 5.41) is 13.4. The molecule has 0 bridgehead atoms. The van der Waals surface area contributed by atoms with E-state index in [9.17, 15) is 23.1 Å². The first-order valence-electron chi connectivity index (χ1n) is 12.9. The molecule has 2 N–H and O–H groups in total. The number of benzene rings is 2. The topological polar surface area (TPSA) is 58.6 Å². The van der Waals surface area contributed by atoms with E-state index in [-0.39, 0.29) is 35.2 Å². The number of rotatable bonds is 7. The summed E-state index contributed by atoms with van der Waals surface area (Å²) in [6.45, 7) is 4.11. The van der Waals surface area contributed by atoms with Crippen molar-refractivity contribution in [3.8, 4) is 5.75 Å². The van der Waals surface area contributed by atoms with Crippen molar-refractivity contribution in [2.24, 2.45) is 11.8 Å². The van der Waals surface area contributed by atoms with Crippen LogP contribution in [0, 0.1) is 11.8 Å². The first-order chi connectivity index (χ1) is 16.7. The van der Waals surface area contributed by atoms with Gasteiger partial charge in [0.2, 0.25) is 0 Å². The second-order valence-corrected chi connectivity index (χ2v) is 10.4. The van der Waals surface area contributed by atoms with Gasteiger partial charge in [-0.25, -0.2) is 0 Å². The van der Waals surface area contributed by atoms with Crippen LogP contribution in [0.2, 0.25) is 0 Å². The third-order valence-corrected chi connectivity index (χ3v) is 8.02. The van der Waals surface area contributed by atoms with E-state index >= 15 is 0 Å². The van der Waals surface area contributed by atoms with Gasteiger partial charge in [0, 0.05) is 12.1 Å². The maximum absolute atomic E-state index is 14.3. The highest BCUT2D eigenvalue weighted by atomic mass is 19.4. The number of halogens is 3. The maximum Gasteiger partial charge on any atom is 0.420 e. The lowest BCUT2D eigenvalue weighted by molar-refractivity contribution is -0.143. The fraction of sp³-hybridized carbons (Fsp3) is 0.607. The molecule has 4 rings (SSSR count). The van der Waals surface area contributed by atoms with Gasteiger partial charge in [-0.05, 0) is 92.7 Å². The Morgan fingerprint density at radius 3 is 2.31 bits per heavy atom. The van der Waals surface area contributed by atoms with Gasteiger partial charge >= 0.3 is 12.1 Å². The van der Waals surface area contributed by atoms with Gasteiger partial charge < -0.3 is 15.2 Å². The summed E-state index contributed by atoms with van der Waals surface area (Å²) in [6, 6.07) is 8.45. The van der Waals surface area contributed by atoms with Crippen LogP contribution in [0.3, 0.4) is 0 Å². The summed E-state index contributed by atoms with van der Waals surface area (Å²) in [7, 11) is 0. The van der Waals surface area contributed by atoms with E-state index in [1.807, 2.05) is 13.0 Å². The average molecular weight is 492 g/mol. The number of carboxylic acids is 1. The molecule has 4 nitrogen and oxygen atoms in total. The smallest absolute Gasteiger partial charge is 0.420 e. The van der Waals surface area contributed by atoms with E-state index in [0.717, 1.165) is 50.5 Å². The number of hydrogen-bond donors (Lipinski definition) is 2. The molecule has 7 heteroatoms. The Morgan fingerprint density at radius 2 is 1.71 bits per heavy atom. The lowest BCUT2D eigenvalue weighted by Crippen LogP contribution is -2.36. The van der Waals surface area contributed by atoms with E-state index in [2.05, 4.69) is 12.2 Å². The molecule has 2 saturated carbocycles. The third-order valence-electron chi connectivity index (χ3n) is 8.02. The molecular formula is C28H36F3NO3. The molecule has 1 atom stereocenters. The summed E-state index contributed by atoms with van der Waals surface area (Å²) in [4.78, 5) is 11.2. The molecule has 0 aliphatic heterocycles. The highest BCUT2D eigenvalue weighted by Gasteiger charge is 2.37. The molecular weight excluding hydrogens is 455 g/mol. The van der Waals surface area contributed by atoms with Gasteiger partial charge in [0.1, 0.15) is 11.3 Å². The SMILES string of the molecule is CCC1CCC(Oc2ccc3ccc([C@@H](C)NC4CCC(C(=O)O)CC4)cc3c2C(F)(F)F)CC1. The van der Waals surface area contributed by atoms with Gasteiger partial charge in [0.15, 0.2) is 0 Å². The van der Waals surface area contributed by atoms with Crippen molar-refractivity contribution in [2.45, 2.75) is 96.0 Å². The van der Waals surface area contributed by atoms with Gasteiger partial charge in [0.25, 0.3) is 0 Å². The van der Waals surface area contributed by atoms with Crippen LogP contribution in [0.5, 0.6) is 5.75 Å². The predicted octanol–water partition coefficient (Wildman–Crippen LogP) is 7.50. The fourth-order valence-corrected chi connectivity index (χ4v) is 5.77. The number of carboxylic acid groups (broad SMARTS) is 1.